The Bertz CT molecular complexity index is 877. The molecule has 1 fully saturated rings. The number of carbonyl (C=O) groups is 1. The number of anilines is 1. The molecule has 1 amide bonds. The fourth-order valence-corrected chi connectivity index (χ4v) is 4.56. The van der Waals surface area contributed by atoms with Crippen molar-refractivity contribution in [2.24, 2.45) is 0 Å². The molecule has 0 radical (unpaired) electrons. The minimum absolute atomic E-state index is 0.171. The first-order chi connectivity index (χ1) is 13.3. The lowest BCUT2D eigenvalue weighted by molar-refractivity contribution is -0.128. The second kappa shape index (κ2) is 8.54. The van der Waals surface area contributed by atoms with Gasteiger partial charge in [0, 0.05) is 37.4 Å². The van der Waals surface area contributed by atoms with Crippen molar-refractivity contribution in [3.63, 3.8) is 0 Å². The molecule has 2 heterocycles. The Kier molecular flexibility index (Phi) is 5.69. The topological polar surface area (TPSA) is 49.3 Å². The Morgan fingerprint density at radius 2 is 1.63 bits per heavy atom. The zero-order valence-electron chi connectivity index (χ0n) is 14.8. The molecule has 0 spiro atoms. The molecule has 1 aliphatic rings. The molecule has 5 nitrogen and oxygen atoms in total. The van der Waals surface area contributed by atoms with E-state index in [1.54, 1.807) is 0 Å². The molecule has 7 heteroatoms. The lowest BCUT2D eigenvalue weighted by Crippen LogP contribution is -2.49. The lowest BCUT2D eigenvalue weighted by atomic mass is 10.2. The summed E-state index contributed by atoms with van der Waals surface area (Å²) < 4.78 is 5.24. The third-order valence-electron chi connectivity index (χ3n) is 4.51. The number of hydrogen-bond donors (Lipinski definition) is 0. The van der Waals surface area contributed by atoms with Crippen LogP contribution >= 0.6 is 23.3 Å². The van der Waals surface area contributed by atoms with Crippen LogP contribution in [0.4, 0.5) is 5.69 Å². The molecule has 138 valence electrons. The summed E-state index contributed by atoms with van der Waals surface area (Å²) >= 11 is 2.83. The highest BCUT2D eigenvalue weighted by Crippen LogP contribution is 2.25. The van der Waals surface area contributed by atoms with Gasteiger partial charge in [0.25, 0.3) is 0 Å². The first kappa shape index (κ1) is 18.0. The van der Waals surface area contributed by atoms with Crippen LogP contribution in [0.3, 0.4) is 0 Å². The number of rotatable bonds is 5. The summed E-state index contributed by atoms with van der Waals surface area (Å²) in [5.41, 5.74) is 2.23. The number of aromatic nitrogens is 2. The van der Waals surface area contributed by atoms with Crippen molar-refractivity contribution in [1.82, 2.24) is 14.3 Å². The average Bonchev–Trinajstić information content (AvgIpc) is 3.22. The zero-order valence-corrected chi connectivity index (χ0v) is 16.5. The highest BCUT2D eigenvalue weighted by molar-refractivity contribution is 8.01. The second-order valence-corrected chi connectivity index (χ2v) is 8.22. The van der Waals surface area contributed by atoms with Crippen molar-refractivity contribution in [3.05, 3.63) is 60.7 Å². The Labute approximate surface area is 167 Å². The fraction of sp³-hybridized carbons (Fsp3) is 0.250. The number of thioether (sulfide) groups is 1. The van der Waals surface area contributed by atoms with Gasteiger partial charge in [-0.15, -0.1) is 0 Å². The normalized spacial score (nSPS) is 14.4. The molecular weight excluding hydrogens is 376 g/mol. The Balaban J connectivity index is 1.27. The SMILES string of the molecule is O=C(CSc1nc(-c2ccccc2)ns1)N1CCN(c2ccccc2)CC1. The van der Waals surface area contributed by atoms with E-state index in [2.05, 4.69) is 38.5 Å². The van der Waals surface area contributed by atoms with E-state index in [1.165, 1.54) is 29.0 Å². The number of piperazine rings is 1. The maximum absolute atomic E-state index is 12.5. The van der Waals surface area contributed by atoms with Gasteiger partial charge in [0.2, 0.25) is 5.91 Å². The van der Waals surface area contributed by atoms with E-state index in [0.717, 1.165) is 41.9 Å². The Morgan fingerprint density at radius 3 is 2.33 bits per heavy atom. The molecule has 1 aliphatic heterocycles. The van der Waals surface area contributed by atoms with Gasteiger partial charge < -0.3 is 9.80 Å². The monoisotopic (exact) mass is 396 g/mol. The molecular formula is C20H20N4OS2. The van der Waals surface area contributed by atoms with E-state index < -0.39 is 0 Å². The Hall–Kier alpha value is -2.38. The predicted octanol–water partition coefficient (Wildman–Crippen LogP) is 3.65. The minimum Gasteiger partial charge on any atom is -0.368 e. The molecule has 1 saturated heterocycles. The highest BCUT2D eigenvalue weighted by atomic mass is 32.2. The second-order valence-electron chi connectivity index (χ2n) is 6.24. The van der Waals surface area contributed by atoms with Crippen molar-refractivity contribution in [2.45, 2.75) is 4.34 Å². The van der Waals surface area contributed by atoms with Gasteiger partial charge in [0.15, 0.2) is 10.2 Å². The Morgan fingerprint density at radius 1 is 0.963 bits per heavy atom. The van der Waals surface area contributed by atoms with Crippen LogP contribution in [0.2, 0.25) is 0 Å². The van der Waals surface area contributed by atoms with E-state index in [4.69, 9.17) is 0 Å². The van der Waals surface area contributed by atoms with Crippen molar-refractivity contribution in [1.29, 1.82) is 0 Å². The molecule has 4 rings (SSSR count). The summed E-state index contributed by atoms with van der Waals surface area (Å²) in [6, 6.07) is 20.3. The molecule has 3 aromatic rings. The van der Waals surface area contributed by atoms with Gasteiger partial charge in [-0.1, -0.05) is 60.3 Å². The summed E-state index contributed by atoms with van der Waals surface area (Å²) in [4.78, 5) is 21.4. The van der Waals surface area contributed by atoms with Crippen LogP contribution < -0.4 is 4.90 Å². The van der Waals surface area contributed by atoms with Gasteiger partial charge in [-0.2, -0.15) is 4.37 Å². The van der Waals surface area contributed by atoms with Crippen molar-refractivity contribution < 1.29 is 4.79 Å². The molecule has 1 aromatic heterocycles. The summed E-state index contributed by atoms with van der Waals surface area (Å²) in [5.74, 6) is 1.31. The first-order valence-electron chi connectivity index (χ1n) is 8.89. The summed E-state index contributed by atoms with van der Waals surface area (Å²) in [6.07, 6.45) is 0. The summed E-state index contributed by atoms with van der Waals surface area (Å²) in [6.45, 7) is 3.27. The number of hydrogen-bond acceptors (Lipinski definition) is 6. The van der Waals surface area contributed by atoms with Gasteiger partial charge >= 0.3 is 0 Å². The molecule has 27 heavy (non-hydrogen) atoms. The lowest BCUT2D eigenvalue weighted by Gasteiger charge is -2.36. The minimum atomic E-state index is 0.171. The third kappa shape index (κ3) is 4.48. The van der Waals surface area contributed by atoms with Crippen LogP contribution in [0.5, 0.6) is 0 Å². The van der Waals surface area contributed by atoms with Crippen molar-refractivity contribution in [2.75, 3.05) is 36.8 Å². The van der Waals surface area contributed by atoms with Crippen LogP contribution in [0.25, 0.3) is 11.4 Å². The van der Waals surface area contributed by atoms with E-state index >= 15 is 0 Å². The van der Waals surface area contributed by atoms with Gasteiger partial charge in [-0.05, 0) is 23.7 Å². The number of amides is 1. The van der Waals surface area contributed by atoms with Crippen molar-refractivity contribution >= 4 is 34.9 Å². The number of benzene rings is 2. The number of para-hydroxylation sites is 1. The van der Waals surface area contributed by atoms with Crippen molar-refractivity contribution in [3.8, 4) is 11.4 Å². The van der Waals surface area contributed by atoms with Gasteiger partial charge in [0.05, 0.1) is 5.75 Å². The first-order valence-corrected chi connectivity index (χ1v) is 10.7. The highest BCUT2D eigenvalue weighted by Gasteiger charge is 2.21. The van der Waals surface area contributed by atoms with E-state index in [1.807, 2.05) is 41.3 Å². The van der Waals surface area contributed by atoms with Gasteiger partial charge in [-0.3, -0.25) is 4.79 Å². The van der Waals surface area contributed by atoms with E-state index in [0.29, 0.717) is 5.75 Å². The third-order valence-corrected chi connectivity index (χ3v) is 6.33. The maximum atomic E-state index is 12.5. The molecule has 0 saturated carbocycles. The van der Waals surface area contributed by atoms with E-state index in [9.17, 15) is 4.79 Å². The quantitative estimate of drug-likeness (QED) is 0.616. The van der Waals surface area contributed by atoms with Crippen LogP contribution in [0, 0.1) is 0 Å². The van der Waals surface area contributed by atoms with Crippen LogP contribution in [0.1, 0.15) is 0 Å². The molecule has 0 aliphatic carbocycles. The number of nitrogens with zero attached hydrogens (tertiary/aromatic N) is 4. The predicted molar refractivity (Wildman–Crippen MR) is 111 cm³/mol. The van der Waals surface area contributed by atoms with Crippen LogP contribution in [0.15, 0.2) is 65.0 Å². The largest absolute Gasteiger partial charge is 0.368 e. The standard InChI is InChI=1S/C20H20N4OS2/c25-18(24-13-11-23(12-14-24)17-9-5-2-6-10-17)15-26-20-21-19(22-27-20)16-7-3-1-4-8-16/h1-10H,11-15H2. The molecule has 2 aromatic carbocycles. The molecule has 0 N–H and O–H groups in total. The zero-order chi connectivity index (χ0) is 18.5. The van der Waals surface area contributed by atoms with Crippen LogP contribution in [-0.4, -0.2) is 52.1 Å². The van der Waals surface area contributed by atoms with Crippen LogP contribution in [-0.2, 0) is 4.79 Å². The van der Waals surface area contributed by atoms with Gasteiger partial charge in [-0.25, -0.2) is 4.98 Å². The molecule has 0 bridgehead atoms. The van der Waals surface area contributed by atoms with Gasteiger partial charge in [0.1, 0.15) is 0 Å². The maximum Gasteiger partial charge on any atom is 0.233 e. The average molecular weight is 397 g/mol. The number of carbonyl (C=O) groups excluding carboxylic acids is 1. The summed E-state index contributed by atoms with van der Waals surface area (Å²) in [7, 11) is 0. The van der Waals surface area contributed by atoms with E-state index in [-0.39, 0.29) is 5.91 Å². The smallest absolute Gasteiger partial charge is 0.233 e. The molecule has 0 unspecified atom stereocenters. The fourth-order valence-electron chi connectivity index (χ4n) is 3.04. The molecule has 0 atom stereocenters. The summed E-state index contributed by atoms with van der Waals surface area (Å²) in [5, 5.41) is 0.